The lowest BCUT2D eigenvalue weighted by Crippen LogP contribution is -2.20. The maximum Gasteiger partial charge on any atom is 0.362 e. The van der Waals surface area contributed by atoms with Crippen molar-refractivity contribution in [3.8, 4) is 0 Å². The smallest absolute Gasteiger partial charge is 0.362 e. The van der Waals surface area contributed by atoms with E-state index in [9.17, 15) is 9.59 Å². The average molecular weight is 255 g/mol. The van der Waals surface area contributed by atoms with Gasteiger partial charge in [0.2, 0.25) is 5.71 Å². The molecule has 0 bridgehead atoms. The van der Waals surface area contributed by atoms with Crippen molar-refractivity contribution in [3.63, 3.8) is 0 Å². The second-order valence-electron chi connectivity index (χ2n) is 2.95. The molecule has 0 aromatic heterocycles. The number of hydrazone groups is 1. The van der Waals surface area contributed by atoms with Gasteiger partial charge in [-0.2, -0.15) is 5.10 Å². The molecule has 17 heavy (non-hydrogen) atoms. The fraction of sp³-hybridized carbons (Fsp3) is 0.182. The molecule has 90 valence electrons. The first-order valence-corrected chi connectivity index (χ1v) is 5.26. The van der Waals surface area contributed by atoms with Crippen molar-refractivity contribution in [2.75, 3.05) is 12.0 Å². The topological polar surface area (TPSA) is 67.8 Å². The summed E-state index contributed by atoms with van der Waals surface area (Å²) in [5, 5.41) is 4.23. The Balaban J connectivity index is 2.70. The minimum absolute atomic E-state index is 0.187. The number of ether oxygens (including phenoxy) is 1. The summed E-state index contributed by atoms with van der Waals surface area (Å²) in [6.45, 7) is 1.83. The van der Waals surface area contributed by atoms with Crippen LogP contribution in [0.5, 0.6) is 0 Å². The maximum atomic E-state index is 11.2. The summed E-state index contributed by atoms with van der Waals surface area (Å²) in [6.07, 6.45) is 0.334. The van der Waals surface area contributed by atoms with Gasteiger partial charge in [0.25, 0.3) is 0 Å². The molecule has 1 N–H and O–H groups in total. The number of carbonyl (C=O) groups excluding carboxylic acids is 2. The van der Waals surface area contributed by atoms with Crippen LogP contribution < -0.4 is 5.43 Å². The van der Waals surface area contributed by atoms with E-state index in [1.807, 2.05) is 0 Å². The van der Waals surface area contributed by atoms with E-state index in [0.717, 1.165) is 0 Å². The number of carbonyl (C=O) groups is 2. The van der Waals surface area contributed by atoms with Crippen LogP contribution in [0.2, 0.25) is 5.02 Å². The second kappa shape index (κ2) is 6.65. The van der Waals surface area contributed by atoms with Crippen LogP contribution in [0, 0.1) is 0 Å². The van der Waals surface area contributed by atoms with Crippen LogP contribution in [0.25, 0.3) is 0 Å². The third-order valence-corrected chi connectivity index (χ3v) is 2.00. The van der Waals surface area contributed by atoms with Gasteiger partial charge in [-0.3, -0.25) is 10.2 Å². The monoisotopic (exact) mass is 254 g/mol. The Kier molecular flexibility index (Phi) is 5.16. The first-order valence-electron chi connectivity index (χ1n) is 4.89. The molecule has 0 unspecified atom stereocenters. The molecule has 0 fully saturated rings. The van der Waals surface area contributed by atoms with Gasteiger partial charge in [0.15, 0.2) is 6.29 Å². The Morgan fingerprint density at radius 1 is 1.47 bits per heavy atom. The number of rotatable bonds is 5. The molecule has 1 aromatic rings. The highest BCUT2D eigenvalue weighted by atomic mass is 35.5. The van der Waals surface area contributed by atoms with Crippen LogP contribution >= 0.6 is 11.6 Å². The van der Waals surface area contributed by atoms with Gasteiger partial charge in [0.1, 0.15) is 0 Å². The van der Waals surface area contributed by atoms with Gasteiger partial charge in [-0.1, -0.05) is 11.6 Å². The van der Waals surface area contributed by atoms with Crippen molar-refractivity contribution in [1.29, 1.82) is 0 Å². The number of aldehydes is 1. The molecule has 0 saturated carbocycles. The number of hydrogen-bond acceptors (Lipinski definition) is 5. The molecule has 1 rings (SSSR count). The van der Waals surface area contributed by atoms with E-state index >= 15 is 0 Å². The highest BCUT2D eigenvalue weighted by Crippen LogP contribution is 2.13. The standard InChI is InChI=1S/C11H11ClN2O3/c1-2-17-11(16)10(7-15)14-13-9-5-3-8(12)4-6-9/h3-7,13H,2H2,1H3. The zero-order chi connectivity index (χ0) is 12.7. The van der Waals surface area contributed by atoms with Crippen LogP contribution in [0.4, 0.5) is 5.69 Å². The highest BCUT2D eigenvalue weighted by Gasteiger charge is 2.11. The maximum absolute atomic E-state index is 11.2. The number of esters is 1. The quantitative estimate of drug-likeness (QED) is 0.286. The van der Waals surface area contributed by atoms with Gasteiger partial charge >= 0.3 is 5.97 Å². The van der Waals surface area contributed by atoms with Gasteiger partial charge in [0.05, 0.1) is 12.3 Å². The number of nitrogens with zero attached hydrogens (tertiary/aromatic N) is 1. The third kappa shape index (κ3) is 4.24. The molecule has 1 aromatic carbocycles. The van der Waals surface area contributed by atoms with Crippen molar-refractivity contribution in [1.82, 2.24) is 0 Å². The van der Waals surface area contributed by atoms with Gasteiger partial charge in [-0.25, -0.2) is 4.79 Å². The van der Waals surface area contributed by atoms with Gasteiger partial charge < -0.3 is 4.74 Å². The normalized spacial score (nSPS) is 10.8. The summed E-state index contributed by atoms with van der Waals surface area (Å²) in [7, 11) is 0. The minimum Gasteiger partial charge on any atom is -0.461 e. The van der Waals surface area contributed by atoms with Crippen molar-refractivity contribution in [2.24, 2.45) is 5.10 Å². The third-order valence-electron chi connectivity index (χ3n) is 1.75. The summed E-state index contributed by atoms with van der Waals surface area (Å²) in [5.41, 5.74) is 2.85. The molecule has 0 saturated heterocycles. The van der Waals surface area contributed by atoms with Crippen molar-refractivity contribution < 1.29 is 14.3 Å². The lowest BCUT2D eigenvalue weighted by molar-refractivity contribution is -0.135. The Morgan fingerprint density at radius 3 is 2.65 bits per heavy atom. The highest BCUT2D eigenvalue weighted by molar-refractivity contribution is 6.58. The van der Waals surface area contributed by atoms with Crippen LogP contribution in [0.3, 0.4) is 0 Å². The average Bonchev–Trinajstić information content (AvgIpc) is 2.32. The zero-order valence-corrected chi connectivity index (χ0v) is 9.90. The van der Waals surface area contributed by atoms with Gasteiger partial charge in [0, 0.05) is 5.02 Å². The predicted octanol–water partition coefficient (Wildman–Crippen LogP) is 1.87. The predicted molar refractivity (Wildman–Crippen MR) is 65.2 cm³/mol. The SMILES string of the molecule is CCOC(=O)C(C=O)=NNc1ccc(Cl)cc1. The first-order chi connectivity index (χ1) is 8.17. The van der Waals surface area contributed by atoms with E-state index in [4.69, 9.17) is 11.6 Å². The van der Waals surface area contributed by atoms with Gasteiger partial charge in [-0.15, -0.1) is 0 Å². The van der Waals surface area contributed by atoms with Crippen molar-refractivity contribution in [2.45, 2.75) is 6.92 Å². The molecule has 0 amide bonds. The molecule has 0 radical (unpaired) electrons. The first kappa shape index (κ1) is 13.2. The molecule has 0 spiro atoms. The Bertz CT molecular complexity index is 429. The lowest BCUT2D eigenvalue weighted by Gasteiger charge is -2.02. The van der Waals surface area contributed by atoms with Crippen LogP contribution in [-0.4, -0.2) is 24.6 Å². The van der Waals surface area contributed by atoms with E-state index in [1.54, 1.807) is 31.2 Å². The number of halogens is 1. The minimum atomic E-state index is -0.760. The van der Waals surface area contributed by atoms with E-state index in [1.165, 1.54) is 0 Å². The van der Waals surface area contributed by atoms with Crippen LogP contribution in [-0.2, 0) is 14.3 Å². The zero-order valence-electron chi connectivity index (χ0n) is 9.14. The van der Waals surface area contributed by atoms with Crippen molar-refractivity contribution in [3.05, 3.63) is 29.3 Å². The molecule has 0 aliphatic carbocycles. The second-order valence-corrected chi connectivity index (χ2v) is 3.39. The van der Waals surface area contributed by atoms with Crippen LogP contribution in [0.1, 0.15) is 6.92 Å². The van der Waals surface area contributed by atoms with E-state index in [2.05, 4.69) is 15.3 Å². The molecular formula is C11H11ClN2O3. The molecule has 0 aliphatic heterocycles. The largest absolute Gasteiger partial charge is 0.461 e. The number of hydrogen-bond donors (Lipinski definition) is 1. The molecule has 5 nitrogen and oxygen atoms in total. The van der Waals surface area contributed by atoms with E-state index in [-0.39, 0.29) is 12.3 Å². The molecule has 0 heterocycles. The van der Waals surface area contributed by atoms with Crippen LogP contribution in [0.15, 0.2) is 29.4 Å². The molecule has 6 heteroatoms. The summed E-state index contributed by atoms with van der Waals surface area (Å²) < 4.78 is 4.64. The molecular weight excluding hydrogens is 244 g/mol. The number of anilines is 1. The summed E-state index contributed by atoms with van der Waals surface area (Å²) in [4.78, 5) is 21.8. The van der Waals surface area contributed by atoms with Gasteiger partial charge in [-0.05, 0) is 31.2 Å². The fourth-order valence-electron chi connectivity index (χ4n) is 0.974. The number of benzene rings is 1. The Hall–Kier alpha value is -1.88. The summed E-state index contributed by atoms with van der Waals surface area (Å²) >= 11 is 5.70. The summed E-state index contributed by atoms with van der Waals surface area (Å²) in [6, 6.07) is 6.65. The number of nitrogens with one attached hydrogen (secondary N) is 1. The molecule has 0 aliphatic rings. The summed E-state index contributed by atoms with van der Waals surface area (Å²) in [5.74, 6) is -0.760. The fourth-order valence-corrected chi connectivity index (χ4v) is 1.10. The lowest BCUT2D eigenvalue weighted by atomic mass is 10.3. The van der Waals surface area contributed by atoms with E-state index < -0.39 is 5.97 Å². The Morgan fingerprint density at radius 2 is 2.12 bits per heavy atom. The van der Waals surface area contributed by atoms with Crippen molar-refractivity contribution >= 4 is 35.3 Å². The molecule has 0 atom stereocenters. The van der Waals surface area contributed by atoms with E-state index in [0.29, 0.717) is 17.0 Å². The Labute approximate surface area is 103 Å².